The zero-order valence-electron chi connectivity index (χ0n) is 14.4. The van der Waals surface area contributed by atoms with Crippen LogP contribution in [-0.2, 0) is 16.0 Å². The van der Waals surface area contributed by atoms with Crippen LogP contribution in [0.25, 0.3) is 0 Å². The first-order chi connectivity index (χ1) is 11.6. The zero-order valence-corrected chi connectivity index (χ0v) is 14.4. The van der Waals surface area contributed by atoms with Crippen LogP contribution < -0.4 is 0 Å². The molecule has 0 heterocycles. The van der Waals surface area contributed by atoms with E-state index in [0.717, 1.165) is 43.4 Å². The predicted octanol–water partition coefficient (Wildman–Crippen LogP) is 4.19. The fourth-order valence-electron chi connectivity index (χ4n) is 5.70. The van der Waals surface area contributed by atoms with Gasteiger partial charge in [0.05, 0.1) is 5.56 Å². The van der Waals surface area contributed by atoms with E-state index >= 15 is 0 Å². The quantitative estimate of drug-likeness (QED) is 0.762. The van der Waals surface area contributed by atoms with Gasteiger partial charge in [0.15, 0.2) is 12.4 Å². The van der Waals surface area contributed by atoms with E-state index in [9.17, 15) is 9.59 Å². The van der Waals surface area contributed by atoms with Crippen molar-refractivity contribution in [1.82, 2.24) is 0 Å². The smallest absolute Gasteiger partial charge is 0.338 e. The number of carbonyl (C=O) groups is 2. The lowest BCUT2D eigenvalue weighted by Gasteiger charge is -2.55. The van der Waals surface area contributed by atoms with Crippen LogP contribution in [0.15, 0.2) is 24.3 Å². The van der Waals surface area contributed by atoms with Gasteiger partial charge in [-0.25, -0.2) is 4.79 Å². The van der Waals surface area contributed by atoms with Crippen molar-refractivity contribution in [3.63, 3.8) is 0 Å². The second-order valence-corrected chi connectivity index (χ2v) is 8.25. The van der Waals surface area contributed by atoms with Crippen molar-refractivity contribution in [2.45, 2.75) is 51.9 Å². The van der Waals surface area contributed by atoms with E-state index in [1.54, 1.807) is 12.1 Å². The monoisotopic (exact) mass is 326 g/mol. The number of Topliss-reactive ketones (excluding diaryl/α,β-unsaturated/α-hetero) is 1. The number of ether oxygens (including phenoxy) is 1. The van der Waals surface area contributed by atoms with Crippen LogP contribution in [0.3, 0.4) is 0 Å². The molecule has 0 atom stereocenters. The highest BCUT2D eigenvalue weighted by Gasteiger charge is 2.54. The van der Waals surface area contributed by atoms with Crippen LogP contribution in [0, 0.1) is 23.2 Å². The highest BCUT2D eigenvalue weighted by Crippen LogP contribution is 2.60. The topological polar surface area (TPSA) is 43.4 Å². The first-order valence-electron chi connectivity index (χ1n) is 9.37. The van der Waals surface area contributed by atoms with E-state index in [4.69, 9.17) is 4.74 Å². The number of carbonyl (C=O) groups excluding carboxylic acids is 2. The number of hydrogen-bond donors (Lipinski definition) is 0. The molecule has 24 heavy (non-hydrogen) atoms. The van der Waals surface area contributed by atoms with Gasteiger partial charge in [-0.1, -0.05) is 19.1 Å². The second-order valence-electron chi connectivity index (χ2n) is 8.25. The lowest BCUT2D eigenvalue weighted by Crippen LogP contribution is -2.51. The maximum Gasteiger partial charge on any atom is 0.338 e. The van der Waals surface area contributed by atoms with Crippen LogP contribution >= 0.6 is 0 Å². The normalized spacial score (nSPS) is 33.5. The summed E-state index contributed by atoms with van der Waals surface area (Å²) in [5, 5.41) is 0. The van der Waals surface area contributed by atoms with E-state index < -0.39 is 0 Å². The van der Waals surface area contributed by atoms with E-state index in [1.807, 2.05) is 12.1 Å². The van der Waals surface area contributed by atoms with Gasteiger partial charge in [0.1, 0.15) is 0 Å². The largest absolute Gasteiger partial charge is 0.454 e. The van der Waals surface area contributed by atoms with Gasteiger partial charge in [-0.2, -0.15) is 0 Å². The summed E-state index contributed by atoms with van der Waals surface area (Å²) < 4.78 is 5.36. The molecule has 0 saturated heterocycles. The maximum absolute atomic E-state index is 12.9. The molecule has 0 aromatic heterocycles. The van der Waals surface area contributed by atoms with Crippen LogP contribution in [0.1, 0.15) is 61.4 Å². The third-order valence-electron chi connectivity index (χ3n) is 6.56. The molecule has 0 radical (unpaired) electrons. The summed E-state index contributed by atoms with van der Waals surface area (Å²) in [6, 6.07) is 7.46. The van der Waals surface area contributed by atoms with Crippen molar-refractivity contribution in [2.75, 3.05) is 6.61 Å². The van der Waals surface area contributed by atoms with Crippen LogP contribution in [0.5, 0.6) is 0 Å². The fraction of sp³-hybridized carbons (Fsp3) is 0.619. The molecule has 4 saturated carbocycles. The summed E-state index contributed by atoms with van der Waals surface area (Å²) in [5.41, 5.74) is 1.54. The SMILES string of the molecule is CCc1ccc(C(=O)OCC(=O)C23CC4CC(CC(C4)C2)C3)cc1. The molecule has 1 aromatic rings. The molecule has 4 aliphatic carbocycles. The van der Waals surface area contributed by atoms with Crippen molar-refractivity contribution >= 4 is 11.8 Å². The molecule has 4 fully saturated rings. The minimum Gasteiger partial charge on any atom is -0.454 e. The number of esters is 1. The molecule has 4 aliphatic rings. The summed E-state index contributed by atoms with van der Waals surface area (Å²) >= 11 is 0. The van der Waals surface area contributed by atoms with Gasteiger partial charge >= 0.3 is 5.97 Å². The molecule has 0 amide bonds. The van der Waals surface area contributed by atoms with E-state index in [2.05, 4.69) is 6.92 Å². The lowest BCUT2D eigenvalue weighted by molar-refractivity contribution is -0.147. The number of hydrogen-bond acceptors (Lipinski definition) is 3. The summed E-state index contributed by atoms with van der Waals surface area (Å²) in [4.78, 5) is 25.1. The van der Waals surface area contributed by atoms with Crippen LogP contribution in [0.2, 0.25) is 0 Å². The number of ketones is 1. The van der Waals surface area contributed by atoms with Gasteiger partial charge in [-0.05, 0) is 80.4 Å². The first kappa shape index (κ1) is 15.9. The molecular formula is C21H26O3. The Balaban J connectivity index is 1.38. The van der Waals surface area contributed by atoms with Crippen LogP contribution in [-0.4, -0.2) is 18.4 Å². The Bertz CT molecular complexity index is 608. The highest BCUT2D eigenvalue weighted by molar-refractivity contribution is 5.93. The predicted molar refractivity (Wildman–Crippen MR) is 91.7 cm³/mol. The molecule has 3 nitrogen and oxygen atoms in total. The Kier molecular flexibility index (Phi) is 3.98. The Morgan fingerprint density at radius 2 is 1.54 bits per heavy atom. The summed E-state index contributed by atoms with van der Waals surface area (Å²) in [7, 11) is 0. The molecule has 0 spiro atoms. The third-order valence-corrected chi connectivity index (χ3v) is 6.56. The Hall–Kier alpha value is -1.64. The Labute approximate surface area is 143 Å². The van der Waals surface area contributed by atoms with Gasteiger partial charge in [0.25, 0.3) is 0 Å². The van der Waals surface area contributed by atoms with Crippen molar-refractivity contribution < 1.29 is 14.3 Å². The van der Waals surface area contributed by atoms with Gasteiger partial charge < -0.3 is 4.74 Å². The second kappa shape index (κ2) is 6.02. The highest BCUT2D eigenvalue weighted by atomic mass is 16.5. The average Bonchev–Trinajstić information content (AvgIpc) is 2.58. The Morgan fingerprint density at radius 1 is 1.00 bits per heavy atom. The van der Waals surface area contributed by atoms with E-state index in [1.165, 1.54) is 24.8 Å². The molecule has 0 unspecified atom stereocenters. The van der Waals surface area contributed by atoms with Gasteiger partial charge in [-0.3, -0.25) is 4.79 Å². The van der Waals surface area contributed by atoms with E-state index in [-0.39, 0.29) is 23.8 Å². The van der Waals surface area contributed by atoms with Crippen molar-refractivity contribution in [3.8, 4) is 0 Å². The molecule has 5 rings (SSSR count). The summed E-state index contributed by atoms with van der Waals surface area (Å²) in [5.74, 6) is 1.99. The number of benzene rings is 1. The van der Waals surface area contributed by atoms with Gasteiger partial charge in [0.2, 0.25) is 0 Å². The molecule has 0 aliphatic heterocycles. The average molecular weight is 326 g/mol. The van der Waals surface area contributed by atoms with Crippen molar-refractivity contribution in [2.24, 2.45) is 23.2 Å². The van der Waals surface area contributed by atoms with Crippen molar-refractivity contribution in [3.05, 3.63) is 35.4 Å². The lowest BCUT2D eigenvalue weighted by atomic mass is 9.48. The Morgan fingerprint density at radius 3 is 2.04 bits per heavy atom. The summed E-state index contributed by atoms with van der Waals surface area (Å²) in [6.45, 7) is 2.03. The zero-order chi connectivity index (χ0) is 16.7. The molecule has 3 heteroatoms. The minimum absolute atomic E-state index is 0.0550. The first-order valence-corrected chi connectivity index (χ1v) is 9.37. The molecule has 4 bridgehead atoms. The van der Waals surface area contributed by atoms with Crippen molar-refractivity contribution in [1.29, 1.82) is 0 Å². The van der Waals surface area contributed by atoms with Gasteiger partial charge in [-0.15, -0.1) is 0 Å². The minimum atomic E-state index is -0.379. The van der Waals surface area contributed by atoms with E-state index in [0.29, 0.717) is 5.56 Å². The number of aryl methyl sites for hydroxylation is 1. The molecule has 0 N–H and O–H groups in total. The molecule has 1 aromatic carbocycles. The fourth-order valence-corrected chi connectivity index (χ4v) is 5.70. The van der Waals surface area contributed by atoms with Crippen LogP contribution in [0.4, 0.5) is 0 Å². The van der Waals surface area contributed by atoms with Gasteiger partial charge in [0, 0.05) is 5.41 Å². The number of rotatable bonds is 5. The molecule has 128 valence electrons. The molecular weight excluding hydrogens is 300 g/mol. The summed E-state index contributed by atoms with van der Waals surface area (Å²) in [6.07, 6.45) is 7.98. The maximum atomic E-state index is 12.9. The standard InChI is InChI=1S/C21H26O3/c1-2-14-3-5-18(6-4-14)20(23)24-13-19(22)21-10-15-7-16(11-21)9-17(8-15)12-21/h3-6,15-17H,2,7-13H2,1H3. The third kappa shape index (κ3) is 2.78.